The molecule has 1 aliphatic heterocycles. The monoisotopic (exact) mass is 321 g/mol. The number of hydrogen-bond acceptors (Lipinski definition) is 5. The largest absolute Gasteiger partial charge is 0.395 e. The zero-order valence-corrected chi connectivity index (χ0v) is 13.3. The molecule has 23 heavy (non-hydrogen) atoms. The van der Waals surface area contributed by atoms with Gasteiger partial charge in [0.05, 0.1) is 11.5 Å². The molecule has 1 fully saturated rings. The number of hydrogen-bond donors (Lipinski definition) is 2. The number of rotatable bonds is 6. The van der Waals surface area contributed by atoms with Crippen molar-refractivity contribution in [3.05, 3.63) is 33.9 Å². The second kappa shape index (κ2) is 8.03. The summed E-state index contributed by atoms with van der Waals surface area (Å²) in [5, 5.41) is 22.9. The van der Waals surface area contributed by atoms with Crippen LogP contribution in [0.4, 0.5) is 11.4 Å². The highest BCUT2D eigenvalue weighted by atomic mass is 16.6. The van der Waals surface area contributed by atoms with Gasteiger partial charge in [-0.2, -0.15) is 0 Å². The van der Waals surface area contributed by atoms with Gasteiger partial charge in [-0.15, -0.1) is 0 Å². The van der Waals surface area contributed by atoms with Crippen molar-refractivity contribution in [2.75, 3.05) is 25.0 Å². The highest BCUT2D eigenvalue weighted by Gasteiger charge is 2.22. The topological polar surface area (TPSA) is 95.7 Å². The van der Waals surface area contributed by atoms with Gasteiger partial charge in [0.15, 0.2) is 0 Å². The molecule has 1 saturated heterocycles. The van der Waals surface area contributed by atoms with Crippen molar-refractivity contribution in [2.24, 2.45) is 0 Å². The molecule has 1 atom stereocenters. The summed E-state index contributed by atoms with van der Waals surface area (Å²) in [6.07, 6.45) is 3.53. The summed E-state index contributed by atoms with van der Waals surface area (Å²) in [4.78, 5) is 24.5. The van der Waals surface area contributed by atoms with E-state index in [0.717, 1.165) is 25.8 Å². The Labute approximate surface area is 135 Å². The summed E-state index contributed by atoms with van der Waals surface area (Å²) in [6.45, 7) is 3.39. The molecule has 126 valence electrons. The number of aryl methyl sites for hydroxylation is 1. The van der Waals surface area contributed by atoms with Gasteiger partial charge in [0.25, 0.3) is 5.69 Å². The van der Waals surface area contributed by atoms with Crippen molar-refractivity contribution < 1.29 is 14.8 Å². The van der Waals surface area contributed by atoms with E-state index in [1.165, 1.54) is 12.1 Å². The van der Waals surface area contributed by atoms with E-state index in [1.807, 2.05) is 0 Å². The summed E-state index contributed by atoms with van der Waals surface area (Å²) in [6, 6.07) is 4.54. The molecule has 1 aromatic carbocycles. The number of nitrogens with zero attached hydrogens (tertiary/aromatic N) is 2. The maximum atomic E-state index is 12.1. The first-order valence-electron chi connectivity index (χ1n) is 7.91. The Morgan fingerprint density at radius 3 is 2.91 bits per heavy atom. The van der Waals surface area contributed by atoms with Gasteiger partial charge in [-0.3, -0.25) is 19.8 Å². The van der Waals surface area contributed by atoms with Crippen molar-refractivity contribution in [3.63, 3.8) is 0 Å². The molecule has 7 heteroatoms. The third-order valence-electron chi connectivity index (χ3n) is 4.28. The fourth-order valence-corrected chi connectivity index (χ4v) is 2.92. The van der Waals surface area contributed by atoms with Crippen LogP contribution in [0.15, 0.2) is 18.2 Å². The SMILES string of the molecule is Cc1cc([N+](=O)[O-])ccc1NC(=O)CCN1CCCCC1CO. The number of nitro groups is 1. The molecule has 1 aromatic rings. The number of non-ortho nitro benzene ring substituents is 1. The van der Waals surface area contributed by atoms with E-state index in [0.29, 0.717) is 24.2 Å². The van der Waals surface area contributed by atoms with Crippen LogP contribution < -0.4 is 5.32 Å². The van der Waals surface area contributed by atoms with Crippen molar-refractivity contribution in [1.82, 2.24) is 4.90 Å². The van der Waals surface area contributed by atoms with Crippen LogP contribution in [-0.4, -0.2) is 46.6 Å². The van der Waals surface area contributed by atoms with Gasteiger partial charge >= 0.3 is 0 Å². The van der Waals surface area contributed by atoms with E-state index in [1.54, 1.807) is 13.0 Å². The van der Waals surface area contributed by atoms with E-state index in [-0.39, 0.29) is 24.2 Å². The van der Waals surface area contributed by atoms with E-state index >= 15 is 0 Å². The predicted molar refractivity (Wildman–Crippen MR) is 87.4 cm³/mol. The van der Waals surface area contributed by atoms with Gasteiger partial charge in [0.1, 0.15) is 0 Å². The van der Waals surface area contributed by atoms with E-state index < -0.39 is 4.92 Å². The lowest BCUT2D eigenvalue weighted by Crippen LogP contribution is -2.43. The second-order valence-electron chi connectivity index (χ2n) is 5.92. The molecule has 0 aliphatic carbocycles. The number of aliphatic hydroxyl groups excluding tert-OH is 1. The minimum absolute atomic E-state index is 0.0135. The number of benzene rings is 1. The van der Waals surface area contributed by atoms with Crippen molar-refractivity contribution >= 4 is 17.3 Å². The van der Waals surface area contributed by atoms with Crippen LogP contribution in [-0.2, 0) is 4.79 Å². The fraction of sp³-hybridized carbons (Fsp3) is 0.562. The first-order chi connectivity index (χ1) is 11.0. The summed E-state index contributed by atoms with van der Waals surface area (Å²) < 4.78 is 0. The molecular formula is C16H23N3O4. The van der Waals surface area contributed by atoms with Gasteiger partial charge in [0, 0.05) is 36.8 Å². The first kappa shape index (κ1) is 17.4. The number of piperidine rings is 1. The van der Waals surface area contributed by atoms with Crippen molar-refractivity contribution in [1.29, 1.82) is 0 Å². The lowest BCUT2D eigenvalue weighted by molar-refractivity contribution is -0.384. The Hall–Kier alpha value is -1.99. The third kappa shape index (κ3) is 4.74. The van der Waals surface area contributed by atoms with Crippen LogP contribution in [0.2, 0.25) is 0 Å². The summed E-state index contributed by atoms with van der Waals surface area (Å²) in [5.41, 5.74) is 1.27. The highest BCUT2D eigenvalue weighted by Crippen LogP contribution is 2.21. The average Bonchev–Trinajstić information content (AvgIpc) is 2.54. The van der Waals surface area contributed by atoms with Crippen LogP contribution in [0.5, 0.6) is 0 Å². The molecule has 2 N–H and O–H groups in total. The Morgan fingerprint density at radius 2 is 2.26 bits per heavy atom. The van der Waals surface area contributed by atoms with E-state index in [9.17, 15) is 20.0 Å². The number of aliphatic hydroxyl groups is 1. The van der Waals surface area contributed by atoms with Gasteiger partial charge in [-0.1, -0.05) is 6.42 Å². The Balaban J connectivity index is 1.88. The summed E-state index contributed by atoms with van der Waals surface area (Å²) in [7, 11) is 0. The number of carbonyl (C=O) groups is 1. The number of carbonyl (C=O) groups excluding carboxylic acids is 1. The van der Waals surface area contributed by atoms with E-state index in [4.69, 9.17) is 0 Å². The van der Waals surface area contributed by atoms with Crippen molar-refractivity contribution in [2.45, 2.75) is 38.6 Å². The Bertz CT molecular complexity index is 576. The average molecular weight is 321 g/mol. The zero-order valence-electron chi connectivity index (χ0n) is 13.3. The van der Waals surface area contributed by atoms with Gasteiger partial charge in [0.2, 0.25) is 5.91 Å². The lowest BCUT2D eigenvalue weighted by atomic mass is 10.0. The molecule has 1 amide bonds. The second-order valence-corrected chi connectivity index (χ2v) is 5.92. The first-order valence-corrected chi connectivity index (χ1v) is 7.91. The fourth-order valence-electron chi connectivity index (χ4n) is 2.92. The standard InChI is InChI=1S/C16H23N3O4/c1-12-10-13(19(22)23)5-6-15(12)17-16(21)7-9-18-8-3-2-4-14(18)11-20/h5-6,10,14,20H,2-4,7-9,11H2,1H3,(H,17,21). The Kier molecular flexibility index (Phi) is 6.06. The van der Waals surface area contributed by atoms with Crippen LogP contribution in [0.1, 0.15) is 31.2 Å². The van der Waals surface area contributed by atoms with Crippen LogP contribution in [0.3, 0.4) is 0 Å². The molecule has 1 unspecified atom stereocenters. The van der Waals surface area contributed by atoms with Gasteiger partial charge in [-0.05, 0) is 37.9 Å². The Morgan fingerprint density at radius 1 is 1.48 bits per heavy atom. The molecule has 0 bridgehead atoms. The maximum Gasteiger partial charge on any atom is 0.269 e. The lowest BCUT2D eigenvalue weighted by Gasteiger charge is -2.34. The molecule has 1 aliphatic rings. The minimum Gasteiger partial charge on any atom is -0.395 e. The number of amides is 1. The highest BCUT2D eigenvalue weighted by molar-refractivity contribution is 5.91. The van der Waals surface area contributed by atoms with E-state index in [2.05, 4.69) is 10.2 Å². The molecule has 2 rings (SSSR count). The summed E-state index contributed by atoms with van der Waals surface area (Å²) in [5.74, 6) is -0.121. The van der Waals surface area contributed by atoms with Crippen LogP contribution >= 0.6 is 0 Å². The third-order valence-corrected chi connectivity index (χ3v) is 4.28. The van der Waals surface area contributed by atoms with Gasteiger partial charge in [-0.25, -0.2) is 0 Å². The smallest absolute Gasteiger partial charge is 0.269 e. The molecule has 0 aromatic heterocycles. The number of nitro benzene ring substituents is 1. The van der Waals surface area contributed by atoms with Crippen LogP contribution in [0, 0.1) is 17.0 Å². The predicted octanol–water partition coefficient (Wildman–Crippen LogP) is 2.08. The minimum atomic E-state index is -0.454. The molecular weight excluding hydrogens is 298 g/mol. The molecule has 0 spiro atoms. The zero-order chi connectivity index (χ0) is 16.8. The molecule has 0 radical (unpaired) electrons. The van der Waals surface area contributed by atoms with Crippen molar-refractivity contribution in [3.8, 4) is 0 Å². The molecule has 1 heterocycles. The number of nitrogens with one attached hydrogen (secondary N) is 1. The number of likely N-dealkylation sites (tertiary alicyclic amines) is 1. The molecule has 7 nitrogen and oxygen atoms in total. The van der Waals surface area contributed by atoms with Crippen LogP contribution in [0.25, 0.3) is 0 Å². The summed E-state index contributed by atoms with van der Waals surface area (Å²) >= 11 is 0. The quantitative estimate of drug-likeness (QED) is 0.618. The normalized spacial score (nSPS) is 18.6. The number of anilines is 1. The van der Waals surface area contributed by atoms with Gasteiger partial charge < -0.3 is 10.4 Å². The molecule has 0 saturated carbocycles. The maximum absolute atomic E-state index is 12.1.